The van der Waals surface area contributed by atoms with Crippen LogP contribution in [0, 0.1) is 16.7 Å². The van der Waals surface area contributed by atoms with E-state index in [1.807, 2.05) is 6.92 Å². The van der Waals surface area contributed by atoms with Gasteiger partial charge in [0, 0.05) is 19.1 Å². The van der Waals surface area contributed by atoms with Gasteiger partial charge in [-0.3, -0.25) is 4.79 Å². The molecular formula is C16H35NO2Si. The van der Waals surface area contributed by atoms with Crippen LogP contribution in [-0.4, -0.2) is 28.8 Å². The highest BCUT2D eigenvalue weighted by Crippen LogP contribution is 2.36. The van der Waals surface area contributed by atoms with Crippen LogP contribution < -0.4 is 5.32 Å². The third-order valence-corrected chi connectivity index (χ3v) is 4.88. The van der Waals surface area contributed by atoms with E-state index >= 15 is 0 Å². The van der Waals surface area contributed by atoms with Crippen molar-refractivity contribution in [1.82, 2.24) is 5.32 Å². The SMILES string of the molecule is CCO[SiH2]CCCNC(=O)C(CC(C)(C)C)C(C)(C)C. The van der Waals surface area contributed by atoms with E-state index < -0.39 is 0 Å². The van der Waals surface area contributed by atoms with Crippen molar-refractivity contribution < 1.29 is 9.22 Å². The molecule has 1 amide bonds. The van der Waals surface area contributed by atoms with Crippen LogP contribution in [0.25, 0.3) is 0 Å². The summed E-state index contributed by atoms with van der Waals surface area (Å²) in [5.74, 6) is 0.289. The molecule has 0 aliphatic rings. The first-order valence-electron chi connectivity index (χ1n) is 7.93. The molecule has 0 aromatic heterocycles. The molecule has 3 nitrogen and oxygen atoms in total. The molecule has 0 rings (SSSR count). The van der Waals surface area contributed by atoms with E-state index in [-0.39, 0.29) is 32.4 Å². The first kappa shape index (κ1) is 19.6. The van der Waals surface area contributed by atoms with Crippen LogP contribution in [0.4, 0.5) is 0 Å². The molecule has 20 heavy (non-hydrogen) atoms. The fraction of sp³-hybridized carbons (Fsp3) is 0.938. The van der Waals surface area contributed by atoms with Crippen molar-refractivity contribution in [3.8, 4) is 0 Å². The van der Waals surface area contributed by atoms with Crippen molar-refractivity contribution in [2.24, 2.45) is 16.7 Å². The average molecular weight is 302 g/mol. The van der Waals surface area contributed by atoms with Gasteiger partial charge >= 0.3 is 0 Å². The Kier molecular flexibility index (Phi) is 8.67. The second-order valence-electron chi connectivity index (χ2n) is 7.88. The molecule has 0 saturated carbocycles. The number of carbonyl (C=O) groups excluding carboxylic acids is 1. The molecule has 0 aromatic carbocycles. The Bertz CT molecular complexity index is 279. The van der Waals surface area contributed by atoms with Crippen LogP contribution in [0.5, 0.6) is 0 Å². The number of hydrogen-bond acceptors (Lipinski definition) is 2. The Morgan fingerprint density at radius 2 is 1.80 bits per heavy atom. The summed E-state index contributed by atoms with van der Waals surface area (Å²) in [6, 6.07) is 1.15. The monoisotopic (exact) mass is 301 g/mol. The molecule has 0 radical (unpaired) electrons. The van der Waals surface area contributed by atoms with Gasteiger partial charge in [-0.2, -0.15) is 0 Å². The zero-order chi connectivity index (χ0) is 15.8. The van der Waals surface area contributed by atoms with Gasteiger partial charge in [0.15, 0.2) is 9.76 Å². The summed E-state index contributed by atoms with van der Waals surface area (Å²) in [5.41, 5.74) is 0.189. The molecule has 0 fully saturated rings. The van der Waals surface area contributed by atoms with E-state index in [2.05, 4.69) is 46.9 Å². The highest BCUT2D eigenvalue weighted by molar-refractivity contribution is 6.26. The predicted octanol–water partition coefficient (Wildman–Crippen LogP) is 3.13. The lowest BCUT2D eigenvalue weighted by molar-refractivity contribution is -0.129. The molecule has 0 saturated heterocycles. The van der Waals surface area contributed by atoms with Gasteiger partial charge in [-0.1, -0.05) is 41.5 Å². The fourth-order valence-corrected chi connectivity index (χ4v) is 3.16. The van der Waals surface area contributed by atoms with E-state index in [4.69, 9.17) is 4.43 Å². The van der Waals surface area contributed by atoms with Crippen LogP contribution in [0.15, 0.2) is 0 Å². The minimum Gasteiger partial charge on any atom is -0.424 e. The quantitative estimate of drug-likeness (QED) is 0.552. The molecule has 0 bridgehead atoms. The second kappa shape index (κ2) is 8.83. The summed E-state index contributed by atoms with van der Waals surface area (Å²) in [7, 11) is -0.359. The third-order valence-electron chi connectivity index (χ3n) is 3.40. The summed E-state index contributed by atoms with van der Waals surface area (Å²) < 4.78 is 5.43. The molecule has 0 aliphatic heterocycles. The second-order valence-corrected chi connectivity index (χ2v) is 9.40. The lowest BCUT2D eigenvalue weighted by atomic mass is 9.71. The molecule has 0 heterocycles. The molecule has 4 heteroatoms. The van der Waals surface area contributed by atoms with Crippen LogP contribution in [-0.2, 0) is 9.22 Å². The largest absolute Gasteiger partial charge is 0.424 e. The van der Waals surface area contributed by atoms with Crippen LogP contribution in [0.2, 0.25) is 6.04 Å². The lowest BCUT2D eigenvalue weighted by Gasteiger charge is -2.34. The summed E-state index contributed by atoms with van der Waals surface area (Å²) >= 11 is 0. The molecule has 1 atom stereocenters. The van der Waals surface area contributed by atoms with Crippen LogP contribution in [0.3, 0.4) is 0 Å². The summed E-state index contributed by atoms with van der Waals surface area (Å²) in [4.78, 5) is 12.4. The highest BCUT2D eigenvalue weighted by Gasteiger charge is 2.34. The Hall–Kier alpha value is -0.353. The van der Waals surface area contributed by atoms with Crippen LogP contribution >= 0.6 is 0 Å². The zero-order valence-electron chi connectivity index (χ0n) is 14.6. The first-order valence-corrected chi connectivity index (χ1v) is 9.51. The standard InChI is InChI=1S/C16H35NO2Si/c1-8-19-20-11-9-10-17-14(18)13(16(5,6)7)12-15(2,3)4/h13H,8-12,20H2,1-7H3,(H,17,18). The Morgan fingerprint density at radius 1 is 1.20 bits per heavy atom. The van der Waals surface area contributed by atoms with Gasteiger partial charge in [-0.25, -0.2) is 0 Å². The molecule has 0 aliphatic carbocycles. The van der Waals surface area contributed by atoms with Crippen molar-refractivity contribution >= 4 is 15.7 Å². The van der Waals surface area contributed by atoms with Crippen LogP contribution in [0.1, 0.15) is 61.3 Å². The van der Waals surface area contributed by atoms with Gasteiger partial charge in [-0.15, -0.1) is 0 Å². The van der Waals surface area contributed by atoms with Gasteiger partial charge in [0.05, 0.1) is 0 Å². The number of nitrogens with one attached hydrogen (secondary N) is 1. The van der Waals surface area contributed by atoms with Gasteiger partial charge < -0.3 is 9.74 Å². The smallest absolute Gasteiger partial charge is 0.223 e. The molecule has 1 N–H and O–H groups in total. The summed E-state index contributed by atoms with van der Waals surface area (Å²) in [6.07, 6.45) is 1.97. The van der Waals surface area contributed by atoms with Gasteiger partial charge in [-0.05, 0) is 36.6 Å². The molecule has 120 valence electrons. The topological polar surface area (TPSA) is 38.3 Å². The number of rotatable bonds is 8. The highest BCUT2D eigenvalue weighted by atomic mass is 28.2. The van der Waals surface area contributed by atoms with Crippen molar-refractivity contribution in [3.05, 3.63) is 0 Å². The van der Waals surface area contributed by atoms with E-state index in [0.29, 0.717) is 0 Å². The predicted molar refractivity (Wildman–Crippen MR) is 89.6 cm³/mol. The maximum Gasteiger partial charge on any atom is 0.223 e. The fourth-order valence-electron chi connectivity index (χ4n) is 2.21. The minimum atomic E-state index is -0.359. The van der Waals surface area contributed by atoms with Crippen molar-refractivity contribution in [1.29, 1.82) is 0 Å². The number of carbonyl (C=O) groups is 1. The average Bonchev–Trinajstić information content (AvgIpc) is 2.28. The van der Waals surface area contributed by atoms with Crippen molar-refractivity contribution in [3.63, 3.8) is 0 Å². The molecule has 1 unspecified atom stereocenters. The Labute approximate surface area is 128 Å². The maximum atomic E-state index is 12.4. The molecular weight excluding hydrogens is 266 g/mol. The van der Waals surface area contributed by atoms with Gasteiger partial charge in [0.1, 0.15) is 0 Å². The summed E-state index contributed by atoms with van der Waals surface area (Å²) in [6.45, 7) is 16.7. The van der Waals surface area contributed by atoms with E-state index in [0.717, 1.165) is 32.0 Å². The normalized spacial score (nSPS) is 14.8. The third kappa shape index (κ3) is 9.53. The lowest BCUT2D eigenvalue weighted by Crippen LogP contribution is -2.40. The maximum absolute atomic E-state index is 12.4. The van der Waals surface area contributed by atoms with Crippen molar-refractivity contribution in [2.45, 2.75) is 67.4 Å². The summed E-state index contributed by atoms with van der Waals surface area (Å²) in [5, 5.41) is 3.12. The van der Waals surface area contributed by atoms with E-state index in [1.54, 1.807) is 0 Å². The van der Waals surface area contributed by atoms with Crippen molar-refractivity contribution in [2.75, 3.05) is 13.2 Å². The van der Waals surface area contributed by atoms with E-state index in [1.165, 1.54) is 0 Å². The molecule has 0 spiro atoms. The Morgan fingerprint density at radius 3 is 2.25 bits per heavy atom. The number of amides is 1. The minimum absolute atomic E-state index is 0.0113. The Balaban J connectivity index is 4.23. The van der Waals surface area contributed by atoms with Gasteiger partial charge in [0.25, 0.3) is 0 Å². The first-order chi connectivity index (χ1) is 9.08. The van der Waals surface area contributed by atoms with Gasteiger partial charge in [0.2, 0.25) is 5.91 Å². The van der Waals surface area contributed by atoms with E-state index in [9.17, 15) is 4.79 Å². The number of hydrogen-bond donors (Lipinski definition) is 1. The molecule has 0 aromatic rings. The zero-order valence-corrected chi connectivity index (χ0v) is 16.1.